The van der Waals surface area contributed by atoms with E-state index in [1.54, 1.807) is 0 Å². The maximum absolute atomic E-state index is 4.47. The molecular formula is C26H52N2. The molecule has 0 aliphatic carbocycles. The van der Waals surface area contributed by atoms with E-state index >= 15 is 0 Å². The number of unbranched alkanes of at least 4 members (excludes halogenated alkanes) is 12. The summed E-state index contributed by atoms with van der Waals surface area (Å²) in [5.41, 5.74) is 1.41. The fraction of sp³-hybridized carbons (Fsp3) is 0.923. The van der Waals surface area contributed by atoms with Crippen LogP contribution < -0.4 is 5.32 Å². The zero-order chi connectivity index (χ0) is 20.3. The van der Waals surface area contributed by atoms with Crippen molar-refractivity contribution >= 4 is 0 Å². The van der Waals surface area contributed by atoms with Crippen molar-refractivity contribution in [2.75, 3.05) is 26.2 Å². The molecule has 1 heterocycles. The number of rotatable bonds is 19. The second-order valence-corrected chi connectivity index (χ2v) is 9.19. The number of nitrogens with zero attached hydrogens (tertiary/aromatic N) is 1. The summed E-state index contributed by atoms with van der Waals surface area (Å²) in [5.74, 6) is 0.869. The Kier molecular flexibility index (Phi) is 16.9. The van der Waals surface area contributed by atoms with Crippen molar-refractivity contribution < 1.29 is 0 Å². The fourth-order valence-corrected chi connectivity index (χ4v) is 4.57. The highest BCUT2D eigenvalue weighted by Gasteiger charge is 2.16. The first-order valence-corrected chi connectivity index (χ1v) is 12.9. The minimum absolute atomic E-state index is 0.869. The van der Waals surface area contributed by atoms with E-state index < -0.39 is 0 Å². The molecule has 0 aromatic heterocycles. The molecule has 28 heavy (non-hydrogen) atoms. The Morgan fingerprint density at radius 1 is 0.714 bits per heavy atom. The molecule has 166 valence electrons. The molecule has 0 unspecified atom stereocenters. The van der Waals surface area contributed by atoms with E-state index in [0.29, 0.717) is 0 Å². The van der Waals surface area contributed by atoms with Gasteiger partial charge >= 0.3 is 0 Å². The Bertz CT molecular complexity index is 328. The van der Waals surface area contributed by atoms with Crippen molar-refractivity contribution in [1.82, 2.24) is 10.2 Å². The van der Waals surface area contributed by atoms with E-state index in [0.717, 1.165) is 32.1 Å². The average Bonchev–Trinajstić information content (AvgIpc) is 2.72. The lowest BCUT2D eigenvalue weighted by atomic mass is 9.90. The Balaban J connectivity index is 2.24. The van der Waals surface area contributed by atoms with Gasteiger partial charge in [0.15, 0.2) is 0 Å². The summed E-state index contributed by atoms with van der Waals surface area (Å²) in [6.07, 6.45) is 24.1. The molecular weight excluding hydrogens is 340 g/mol. The van der Waals surface area contributed by atoms with E-state index in [4.69, 9.17) is 0 Å². The van der Waals surface area contributed by atoms with Crippen LogP contribution in [0.5, 0.6) is 0 Å². The maximum Gasteiger partial charge on any atom is 0.0300 e. The number of allylic oxidation sites excluding steroid dienone is 1. The van der Waals surface area contributed by atoms with Crippen LogP contribution >= 0.6 is 0 Å². The standard InChI is InChI=1S/C26H52N2/c1-4-6-8-10-12-14-16-18-26(19-17-15-13-11-9-7-5-2)24-25(3)28-22-20-27-21-23-28/h26-27H,3-24H2,1-2H3. The molecule has 0 amide bonds. The third-order valence-corrected chi connectivity index (χ3v) is 6.52. The van der Waals surface area contributed by atoms with Gasteiger partial charge in [-0.3, -0.25) is 0 Å². The smallest absolute Gasteiger partial charge is 0.0300 e. The summed E-state index contributed by atoms with van der Waals surface area (Å²) in [7, 11) is 0. The van der Waals surface area contributed by atoms with E-state index in [1.165, 1.54) is 115 Å². The van der Waals surface area contributed by atoms with Gasteiger partial charge in [0.25, 0.3) is 0 Å². The van der Waals surface area contributed by atoms with E-state index in [9.17, 15) is 0 Å². The molecule has 1 saturated heterocycles. The zero-order valence-electron chi connectivity index (χ0n) is 19.6. The molecule has 0 aromatic carbocycles. The van der Waals surface area contributed by atoms with Crippen molar-refractivity contribution in [1.29, 1.82) is 0 Å². The largest absolute Gasteiger partial charge is 0.373 e. The monoisotopic (exact) mass is 392 g/mol. The molecule has 1 aliphatic heterocycles. The van der Waals surface area contributed by atoms with Gasteiger partial charge in [-0.2, -0.15) is 0 Å². The molecule has 0 radical (unpaired) electrons. The van der Waals surface area contributed by atoms with Crippen LogP contribution in [0.1, 0.15) is 123 Å². The van der Waals surface area contributed by atoms with Crippen molar-refractivity contribution in [2.24, 2.45) is 5.92 Å². The van der Waals surface area contributed by atoms with Gasteiger partial charge in [-0.05, 0) is 12.3 Å². The Morgan fingerprint density at radius 2 is 1.14 bits per heavy atom. The highest BCUT2D eigenvalue weighted by Crippen LogP contribution is 2.26. The number of hydrogen-bond acceptors (Lipinski definition) is 2. The molecule has 2 nitrogen and oxygen atoms in total. The van der Waals surface area contributed by atoms with Gasteiger partial charge in [0.1, 0.15) is 0 Å². The molecule has 1 aliphatic rings. The first kappa shape index (κ1) is 25.5. The van der Waals surface area contributed by atoms with Crippen molar-refractivity contribution in [3.63, 3.8) is 0 Å². The number of piperazine rings is 1. The predicted molar refractivity (Wildman–Crippen MR) is 127 cm³/mol. The highest BCUT2D eigenvalue weighted by atomic mass is 15.2. The molecule has 0 atom stereocenters. The third kappa shape index (κ3) is 13.6. The van der Waals surface area contributed by atoms with Crippen LogP contribution in [-0.4, -0.2) is 31.1 Å². The van der Waals surface area contributed by atoms with Crippen LogP contribution in [0.15, 0.2) is 12.3 Å². The van der Waals surface area contributed by atoms with Crippen LogP contribution in [0, 0.1) is 5.92 Å². The minimum atomic E-state index is 0.869. The van der Waals surface area contributed by atoms with Gasteiger partial charge in [-0.1, -0.05) is 123 Å². The van der Waals surface area contributed by atoms with Gasteiger partial charge in [0.2, 0.25) is 0 Å². The van der Waals surface area contributed by atoms with Gasteiger partial charge in [-0.25, -0.2) is 0 Å². The van der Waals surface area contributed by atoms with Gasteiger partial charge in [-0.15, -0.1) is 0 Å². The normalized spacial score (nSPS) is 14.8. The Labute approximate surface area is 177 Å². The first-order chi connectivity index (χ1) is 13.8. The summed E-state index contributed by atoms with van der Waals surface area (Å²) in [5, 5.41) is 3.47. The van der Waals surface area contributed by atoms with Gasteiger partial charge in [0, 0.05) is 31.9 Å². The second kappa shape index (κ2) is 18.5. The second-order valence-electron chi connectivity index (χ2n) is 9.19. The lowest BCUT2D eigenvalue weighted by Gasteiger charge is -2.33. The molecule has 1 rings (SSSR count). The highest BCUT2D eigenvalue weighted by molar-refractivity contribution is 4.97. The van der Waals surface area contributed by atoms with Crippen molar-refractivity contribution in [3.8, 4) is 0 Å². The Morgan fingerprint density at radius 3 is 1.61 bits per heavy atom. The molecule has 1 N–H and O–H groups in total. The van der Waals surface area contributed by atoms with Crippen LogP contribution in [0.25, 0.3) is 0 Å². The first-order valence-electron chi connectivity index (χ1n) is 12.9. The summed E-state index contributed by atoms with van der Waals surface area (Å²) in [6, 6.07) is 0. The SMILES string of the molecule is C=C(CC(CCCCCCCCC)CCCCCCCCC)N1CCNCC1. The summed E-state index contributed by atoms with van der Waals surface area (Å²) >= 11 is 0. The average molecular weight is 393 g/mol. The lowest BCUT2D eigenvalue weighted by Crippen LogP contribution is -2.42. The lowest BCUT2D eigenvalue weighted by molar-refractivity contribution is 0.270. The van der Waals surface area contributed by atoms with Crippen LogP contribution in [0.4, 0.5) is 0 Å². The van der Waals surface area contributed by atoms with E-state index in [2.05, 4.69) is 30.6 Å². The maximum atomic E-state index is 4.47. The molecule has 2 heteroatoms. The molecule has 0 aromatic rings. The van der Waals surface area contributed by atoms with Crippen molar-refractivity contribution in [3.05, 3.63) is 12.3 Å². The van der Waals surface area contributed by atoms with Crippen LogP contribution in [0.3, 0.4) is 0 Å². The van der Waals surface area contributed by atoms with Crippen molar-refractivity contribution in [2.45, 2.75) is 123 Å². The number of hydrogen-bond donors (Lipinski definition) is 1. The van der Waals surface area contributed by atoms with E-state index in [1.807, 2.05) is 0 Å². The quantitative estimate of drug-likeness (QED) is 0.227. The van der Waals surface area contributed by atoms with Gasteiger partial charge in [0.05, 0.1) is 0 Å². The molecule has 0 saturated carbocycles. The zero-order valence-corrected chi connectivity index (χ0v) is 19.6. The molecule has 1 fully saturated rings. The van der Waals surface area contributed by atoms with E-state index in [-0.39, 0.29) is 0 Å². The van der Waals surface area contributed by atoms with Gasteiger partial charge < -0.3 is 10.2 Å². The number of nitrogens with one attached hydrogen (secondary N) is 1. The Hall–Kier alpha value is -0.500. The predicted octanol–water partition coefficient (Wildman–Crippen LogP) is 7.69. The summed E-state index contributed by atoms with van der Waals surface area (Å²) < 4.78 is 0. The third-order valence-electron chi connectivity index (χ3n) is 6.52. The fourth-order valence-electron chi connectivity index (χ4n) is 4.57. The van der Waals surface area contributed by atoms with Crippen LogP contribution in [-0.2, 0) is 0 Å². The summed E-state index contributed by atoms with van der Waals surface area (Å²) in [6.45, 7) is 13.6. The summed E-state index contributed by atoms with van der Waals surface area (Å²) in [4.78, 5) is 2.54. The minimum Gasteiger partial charge on any atom is -0.373 e. The molecule has 0 bridgehead atoms. The topological polar surface area (TPSA) is 15.3 Å². The molecule has 0 spiro atoms. The van der Waals surface area contributed by atoms with Crippen LogP contribution in [0.2, 0.25) is 0 Å².